The SMILES string of the molecule is CCN1CCCC1CNC(=NCc1nnc(C)n1C)NCCCCC(F)(F)F.I. The molecule has 0 spiro atoms. The highest BCUT2D eigenvalue weighted by Crippen LogP contribution is 2.21. The summed E-state index contributed by atoms with van der Waals surface area (Å²) in [6.07, 6.45) is -1.96. The number of rotatable bonds is 9. The molecule has 0 amide bonds. The van der Waals surface area contributed by atoms with E-state index in [0.717, 1.165) is 37.7 Å². The van der Waals surface area contributed by atoms with Gasteiger partial charge in [-0.3, -0.25) is 4.90 Å². The Balaban J connectivity index is 0.00000420. The summed E-state index contributed by atoms with van der Waals surface area (Å²) < 4.78 is 38.7. The van der Waals surface area contributed by atoms with Gasteiger partial charge in [0.25, 0.3) is 0 Å². The molecule has 0 aliphatic carbocycles. The van der Waals surface area contributed by atoms with Crippen molar-refractivity contribution in [2.24, 2.45) is 12.0 Å². The van der Waals surface area contributed by atoms with Crippen LogP contribution in [0.15, 0.2) is 4.99 Å². The molecular formula is C18H33F3IN7. The number of likely N-dealkylation sites (tertiary alicyclic amines) is 1. The zero-order chi connectivity index (χ0) is 20.6. The van der Waals surface area contributed by atoms with Gasteiger partial charge in [-0.25, -0.2) is 4.99 Å². The fourth-order valence-corrected chi connectivity index (χ4v) is 3.33. The maximum absolute atomic E-state index is 12.3. The molecule has 0 bridgehead atoms. The molecule has 7 nitrogen and oxygen atoms in total. The van der Waals surface area contributed by atoms with Crippen molar-refractivity contribution in [1.29, 1.82) is 0 Å². The molecule has 1 aliphatic rings. The minimum absolute atomic E-state index is 0. The molecule has 2 rings (SSSR count). The average Bonchev–Trinajstić information content (AvgIpc) is 3.22. The molecule has 1 aliphatic heterocycles. The first-order valence-electron chi connectivity index (χ1n) is 9.98. The largest absolute Gasteiger partial charge is 0.389 e. The number of unbranched alkanes of at least 4 members (excludes halogenated alkanes) is 1. The van der Waals surface area contributed by atoms with Crippen LogP contribution >= 0.6 is 24.0 Å². The molecule has 1 aromatic rings. The number of nitrogens with one attached hydrogen (secondary N) is 2. The Kier molecular flexibility index (Phi) is 11.2. The molecule has 168 valence electrons. The van der Waals surface area contributed by atoms with Crippen molar-refractivity contribution in [3.05, 3.63) is 11.6 Å². The number of likely N-dealkylation sites (N-methyl/N-ethyl adjacent to an activating group) is 1. The monoisotopic (exact) mass is 531 g/mol. The summed E-state index contributed by atoms with van der Waals surface area (Å²) in [4.78, 5) is 6.99. The van der Waals surface area contributed by atoms with E-state index in [1.807, 2.05) is 18.5 Å². The van der Waals surface area contributed by atoms with Crippen molar-refractivity contribution in [3.63, 3.8) is 0 Å². The topological polar surface area (TPSA) is 70.4 Å². The predicted molar refractivity (Wildman–Crippen MR) is 118 cm³/mol. The van der Waals surface area contributed by atoms with E-state index >= 15 is 0 Å². The lowest BCUT2D eigenvalue weighted by atomic mass is 10.2. The quantitative estimate of drug-likeness (QED) is 0.222. The van der Waals surface area contributed by atoms with Crippen LogP contribution in [0, 0.1) is 6.92 Å². The highest BCUT2D eigenvalue weighted by Gasteiger charge is 2.26. The molecule has 0 saturated carbocycles. The molecule has 1 saturated heterocycles. The number of alkyl halides is 3. The van der Waals surface area contributed by atoms with E-state index in [4.69, 9.17) is 0 Å². The van der Waals surface area contributed by atoms with Crippen LogP contribution < -0.4 is 10.6 Å². The second kappa shape index (κ2) is 12.6. The van der Waals surface area contributed by atoms with Gasteiger partial charge in [0.15, 0.2) is 11.8 Å². The van der Waals surface area contributed by atoms with Gasteiger partial charge in [0.1, 0.15) is 12.4 Å². The third-order valence-corrected chi connectivity index (χ3v) is 5.15. The molecule has 0 radical (unpaired) electrons. The molecule has 11 heteroatoms. The Morgan fingerprint density at radius 1 is 1.24 bits per heavy atom. The zero-order valence-electron chi connectivity index (χ0n) is 17.4. The van der Waals surface area contributed by atoms with Gasteiger partial charge in [-0.1, -0.05) is 6.92 Å². The Labute approximate surface area is 187 Å². The maximum atomic E-state index is 12.3. The second-order valence-corrected chi connectivity index (χ2v) is 7.19. The minimum atomic E-state index is -4.09. The molecule has 29 heavy (non-hydrogen) atoms. The fourth-order valence-electron chi connectivity index (χ4n) is 3.33. The molecule has 1 unspecified atom stereocenters. The molecule has 2 N–H and O–H groups in total. The second-order valence-electron chi connectivity index (χ2n) is 7.19. The van der Waals surface area contributed by atoms with Gasteiger partial charge in [0.2, 0.25) is 0 Å². The van der Waals surface area contributed by atoms with Crippen molar-refractivity contribution >= 4 is 29.9 Å². The Bertz CT molecular complexity index is 633. The average molecular weight is 531 g/mol. The van der Waals surface area contributed by atoms with E-state index < -0.39 is 12.6 Å². The normalized spacial score (nSPS) is 18.0. The van der Waals surface area contributed by atoms with Crippen LogP contribution in [0.4, 0.5) is 13.2 Å². The summed E-state index contributed by atoms with van der Waals surface area (Å²) in [5.74, 6) is 2.16. The Morgan fingerprint density at radius 3 is 2.62 bits per heavy atom. The number of hydrogen-bond donors (Lipinski definition) is 2. The first-order chi connectivity index (χ1) is 13.3. The van der Waals surface area contributed by atoms with Gasteiger partial charge in [0, 0.05) is 32.6 Å². The van der Waals surface area contributed by atoms with Crippen molar-refractivity contribution < 1.29 is 13.2 Å². The highest BCUT2D eigenvalue weighted by molar-refractivity contribution is 14.0. The summed E-state index contributed by atoms with van der Waals surface area (Å²) in [6.45, 7) is 7.72. The van der Waals surface area contributed by atoms with Crippen molar-refractivity contribution in [3.8, 4) is 0 Å². The van der Waals surface area contributed by atoms with Gasteiger partial charge < -0.3 is 15.2 Å². The molecule has 1 fully saturated rings. The van der Waals surface area contributed by atoms with Crippen LogP contribution in [0.2, 0.25) is 0 Å². The number of aliphatic imine (C=N–C) groups is 1. The standard InChI is InChI=1S/C18H32F3N7.HI/c1-4-28-11-7-8-15(28)12-23-17(22-10-6-5-9-18(19,20)21)24-13-16-26-25-14(2)27(16)3;/h15H,4-13H2,1-3H3,(H2,22,23,24);1H. The van der Waals surface area contributed by atoms with E-state index in [-0.39, 0.29) is 30.4 Å². The molecule has 2 heterocycles. The zero-order valence-corrected chi connectivity index (χ0v) is 19.8. The summed E-state index contributed by atoms with van der Waals surface area (Å²) in [7, 11) is 1.88. The fraction of sp³-hybridized carbons (Fsp3) is 0.833. The van der Waals surface area contributed by atoms with Gasteiger partial charge in [0.05, 0.1) is 0 Å². The highest BCUT2D eigenvalue weighted by atomic mass is 127. The molecule has 1 atom stereocenters. The van der Waals surface area contributed by atoms with Gasteiger partial charge >= 0.3 is 6.18 Å². The van der Waals surface area contributed by atoms with Crippen LogP contribution in [0.25, 0.3) is 0 Å². The van der Waals surface area contributed by atoms with Gasteiger partial charge in [-0.05, 0) is 45.7 Å². The first kappa shape index (κ1) is 25.9. The summed E-state index contributed by atoms with van der Waals surface area (Å²) in [5, 5.41) is 14.6. The van der Waals surface area contributed by atoms with Crippen LogP contribution in [0.5, 0.6) is 0 Å². The van der Waals surface area contributed by atoms with Gasteiger partial charge in [-0.2, -0.15) is 13.2 Å². The number of halogens is 4. The lowest BCUT2D eigenvalue weighted by molar-refractivity contribution is -0.135. The third-order valence-electron chi connectivity index (χ3n) is 5.15. The van der Waals surface area contributed by atoms with E-state index in [1.54, 1.807) is 0 Å². The van der Waals surface area contributed by atoms with E-state index in [2.05, 4.69) is 37.6 Å². The molecule has 1 aromatic heterocycles. The smallest absolute Gasteiger partial charge is 0.356 e. The Morgan fingerprint density at radius 2 is 2.00 bits per heavy atom. The summed E-state index contributed by atoms with van der Waals surface area (Å²) in [6, 6.07) is 0.458. The first-order valence-corrected chi connectivity index (χ1v) is 9.98. The summed E-state index contributed by atoms with van der Waals surface area (Å²) >= 11 is 0. The lowest BCUT2D eigenvalue weighted by Gasteiger charge is -2.24. The van der Waals surface area contributed by atoms with Crippen LogP contribution in [0.3, 0.4) is 0 Å². The van der Waals surface area contributed by atoms with Gasteiger partial charge in [-0.15, -0.1) is 34.2 Å². The predicted octanol–water partition coefficient (Wildman–Crippen LogP) is 2.99. The van der Waals surface area contributed by atoms with E-state index in [9.17, 15) is 13.2 Å². The van der Waals surface area contributed by atoms with Crippen LogP contribution in [0.1, 0.15) is 50.7 Å². The number of aryl methyl sites for hydroxylation is 1. The summed E-state index contributed by atoms with van der Waals surface area (Å²) in [5.41, 5.74) is 0. The number of nitrogens with zero attached hydrogens (tertiary/aromatic N) is 5. The molecular weight excluding hydrogens is 498 g/mol. The van der Waals surface area contributed by atoms with Crippen molar-refractivity contribution in [2.75, 3.05) is 26.2 Å². The van der Waals surface area contributed by atoms with Crippen molar-refractivity contribution in [2.45, 2.75) is 64.7 Å². The van der Waals surface area contributed by atoms with Crippen LogP contribution in [-0.4, -0.2) is 64.0 Å². The number of aromatic nitrogens is 3. The lowest BCUT2D eigenvalue weighted by Crippen LogP contribution is -2.45. The minimum Gasteiger partial charge on any atom is -0.356 e. The number of hydrogen-bond acceptors (Lipinski definition) is 4. The van der Waals surface area contributed by atoms with Crippen molar-refractivity contribution in [1.82, 2.24) is 30.3 Å². The number of guanidine groups is 1. The molecule has 0 aromatic carbocycles. The maximum Gasteiger partial charge on any atom is 0.389 e. The third kappa shape index (κ3) is 9.06. The van der Waals surface area contributed by atoms with Crippen LogP contribution in [-0.2, 0) is 13.6 Å². The van der Waals surface area contributed by atoms with E-state index in [1.165, 1.54) is 6.42 Å². The Hall–Kier alpha value is -1.11. The van der Waals surface area contributed by atoms with E-state index in [0.29, 0.717) is 31.5 Å².